The highest BCUT2D eigenvalue weighted by Gasteiger charge is 2.24. The molecule has 0 bridgehead atoms. The number of piperidine rings is 1. The fourth-order valence-corrected chi connectivity index (χ4v) is 4.14. The third-order valence-corrected chi connectivity index (χ3v) is 5.66. The Morgan fingerprint density at radius 3 is 3.03 bits per heavy atom. The molecular weight excluding hydrogens is 378 g/mol. The zero-order chi connectivity index (χ0) is 20.9. The predicted molar refractivity (Wildman–Crippen MR) is 118 cm³/mol. The van der Waals surface area contributed by atoms with E-state index in [1.807, 2.05) is 43.5 Å². The number of rotatable bonds is 8. The first-order valence-corrected chi connectivity index (χ1v) is 10.6. The minimum atomic E-state index is 0.105. The van der Waals surface area contributed by atoms with E-state index in [2.05, 4.69) is 25.2 Å². The van der Waals surface area contributed by atoms with Crippen molar-refractivity contribution in [2.75, 3.05) is 29.9 Å². The first-order valence-electron chi connectivity index (χ1n) is 10.6. The third kappa shape index (κ3) is 4.50. The maximum atomic E-state index is 12.6. The van der Waals surface area contributed by atoms with Gasteiger partial charge in [0, 0.05) is 43.4 Å². The van der Waals surface area contributed by atoms with E-state index in [-0.39, 0.29) is 18.1 Å². The lowest BCUT2D eigenvalue weighted by Crippen LogP contribution is -2.37. The highest BCUT2D eigenvalue weighted by atomic mass is 16.1. The van der Waals surface area contributed by atoms with Crippen molar-refractivity contribution in [1.82, 2.24) is 15.0 Å². The van der Waals surface area contributed by atoms with E-state index in [0.29, 0.717) is 24.3 Å². The van der Waals surface area contributed by atoms with Crippen molar-refractivity contribution in [2.24, 2.45) is 5.92 Å². The van der Waals surface area contributed by atoms with Crippen LogP contribution in [0.1, 0.15) is 43.0 Å². The van der Waals surface area contributed by atoms with Crippen LogP contribution in [-0.4, -0.2) is 46.2 Å². The SMILES string of the molecule is CCC(=O)c1cccc(NCC(=O)CC2CCCN(c3ncnc4[nH]ccc34)C2)c1. The number of hydrogen-bond donors (Lipinski definition) is 2. The van der Waals surface area contributed by atoms with Gasteiger partial charge >= 0.3 is 0 Å². The van der Waals surface area contributed by atoms with Crippen molar-refractivity contribution >= 4 is 34.1 Å². The van der Waals surface area contributed by atoms with Gasteiger partial charge in [0.15, 0.2) is 11.6 Å². The number of aromatic nitrogens is 3. The van der Waals surface area contributed by atoms with E-state index in [9.17, 15) is 9.59 Å². The smallest absolute Gasteiger partial charge is 0.162 e. The number of fused-ring (bicyclic) bond motifs is 1. The number of carbonyl (C=O) groups is 2. The van der Waals surface area contributed by atoms with Crippen LogP contribution in [0.15, 0.2) is 42.9 Å². The molecule has 0 aliphatic carbocycles. The quantitative estimate of drug-likeness (QED) is 0.554. The molecule has 7 nitrogen and oxygen atoms in total. The van der Waals surface area contributed by atoms with Gasteiger partial charge in [-0.3, -0.25) is 9.59 Å². The molecule has 0 radical (unpaired) electrons. The number of benzene rings is 1. The van der Waals surface area contributed by atoms with Crippen molar-refractivity contribution < 1.29 is 9.59 Å². The lowest BCUT2D eigenvalue weighted by atomic mass is 9.92. The Balaban J connectivity index is 1.33. The van der Waals surface area contributed by atoms with Crippen LogP contribution < -0.4 is 10.2 Å². The number of nitrogens with one attached hydrogen (secondary N) is 2. The minimum Gasteiger partial charge on any atom is -0.378 e. The topological polar surface area (TPSA) is 91.0 Å². The molecule has 3 aromatic rings. The molecule has 1 unspecified atom stereocenters. The van der Waals surface area contributed by atoms with Crippen molar-refractivity contribution in [1.29, 1.82) is 0 Å². The Bertz CT molecular complexity index is 1040. The Morgan fingerprint density at radius 1 is 1.27 bits per heavy atom. The fraction of sp³-hybridized carbons (Fsp3) is 0.391. The van der Waals surface area contributed by atoms with Gasteiger partial charge < -0.3 is 15.2 Å². The number of hydrogen-bond acceptors (Lipinski definition) is 6. The van der Waals surface area contributed by atoms with E-state index in [0.717, 1.165) is 48.5 Å². The number of ketones is 2. The molecule has 1 atom stereocenters. The second kappa shape index (κ2) is 9.07. The van der Waals surface area contributed by atoms with Crippen LogP contribution in [-0.2, 0) is 4.79 Å². The van der Waals surface area contributed by atoms with Gasteiger partial charge in [-0.05, 0) is 37.0 Å². The average Bonchev–Trinajstić information content (AvgIpc) is 3.26. The van der Waals surface area contributed by atoms with E-state index < -0.39 is 0 Å². The average molecular weight is 406 g/mol. The number of H-pyrrole nitrogens is 1. The monoisotopic (exact) mass is 405 g/mol. The second-order valence-electron chi connectivity index (χ2n) is 7.85. The molecule has 2 aromatic heterocycles. The summed E-state index contributed by atoms with van der Waals surface area (Å²) in [6, 6.07) is 9.36. The summed E-state index contributed by atoms with van der Waals surface area (Å²) in [7, 11) is 0. The predicted octanol–water partition coefficient (Wildman–Crippen LogP) is 3.84. The fourth-order valence-electron chi connectivity index (χ4n) is 4.14. The summed E-state index contributed by atoms with van der Waals surface area (Å²) >= 11 is 0. The summed E-state index contributed by atoms with van der Waals surface area (Å²) < 4.78 is 0. The van der Waals surface area contributed by atoms with Crippen molar-refractivity contribution in [3.05, 3.63) is 48.4 Å². The van der Waals surface area contributed by atoms with Crippen LogP contribution in [0.2, 0.25) is 0 Å². The molecule has 156 valence electrons. The summed E-state index contributed by atoms with van der Waals surface area (Å²) in [5.41, 5.74) is 2.33. The Hall–Kier alpha value is -3.22. The lowest BCUT2D eigenvalue weighted by molar-refractivity contribution is -0.118. The lowest BCUT2D eigenvalue weighted by Gasteiger charge is -2.33. The molecule has 1 aliphatic heterocycles. The second-order valence-corrected chi connectivity index (χ2v) is 7.85. The highest BCUT2D eigenvalue weighted by molar-refractivity contribution is 5.96. The molecule has 1 fully saturated rings. The standard InChI is InChI=1S/C23H27N5O2/c1-2-21(30)17-6-3-7-18(12-17)25-13-19(29)11-16-5-4-10-28(14-16)23-20-8-9-24-22(20)26-15-27-23/h3,6-9,12,15-16,25H,2,4-5,10-11,13-14H2,1H3,(H,24,26,27). The number of anilines is 2. The van der Waals surface area contributed by atoms with Crippen LogP contribution in [0.4, 0.5) is 11.5 Å². The molecule has 7 heteroatoms. The summed E-state index contributed by atoms with van der Waals surface area (Å²) in [4.78, 5) is 38.6. The van der Waals surface area contributed by atoms with Crippen molar-refractivity contribution in [2.45, 2.75) is 32.6 Å². The zero-order valence-electron chi connectivity index (χ0n) is 17.2. The molecule has 4 rings (SSSR count). The van der Waals surface area contributed by atoms with E-state index >= 15 is 0 Å². The maximum Gasteiger partial charge on any atom is 0.162 e. The van der Waals surface area contributed by atoms with Gasteiger partial charge in [-0.2, -0.15) is 0 Å². The zero-order valence-corrected chi connectivity index (χ0v) is 17.2. The number of nitrogens with zero attached hydrogens (tertiary/aromatic N) is 3. The largest absolute Gasteiger partial charge is 0.378 e. The van der Waals surface area contributed by atoms with Gasteiger partial charge in [0.05, 0.1) is 11.9 Å². The molecule has 1 saturated heterocycles. The highest BCUT2D eigenvalue weighted by Crippen LogP contribution is 2.28. The first-order chi connectivity index (χ1) is 14.6. The molecule has 0 saturated carbocycles. The molecule has 0 amide bonds. The van der Waals surface area contributed by atoms with Crippen LogP contribution in [0.25, 0.3) is 11.0 Å². The van der Waals surface area contributed by atoms with E-state index in [1.165, 1.54) is 0 Å². The number of carbonyl (C=O) groups excluding carboxylic acids is 2. The Labute approximate surface area is 175 Å². The minimum absolute atomic E-state index is 0.105. The van der Waals surface area contributed by atoms with Gasteiger partial charge in [0.25, 0.3) is 0 Å². The number of aromatic amines is 1. The molecule has 2 N–H and O–H groups in total. The summed E-state index contributed by atoms with van der Waals surface area (Å²) in [5.74, 6) is 1.54. The van der Waals surface area contributed by atoms with Crippen LogP contribution in [0.5, 0.6) is 0 Å². The van der Waals surface area contributed by atoms with E-state index in [4.69, 9.17) is 0 Å². The van der Waals surface area contributed by atoms with Gasteiger partial charge in [0.2, 0.25) is 0 Å². The third-order valence-electron chi connectivity index (χ3n) is 5.66. The molecule has 1 aliphatic rings. The molecular formula is C23H27N5O2. The Kier molecular flexibility index (Phi) is 6.07. The summed E-state index contributed by atoms with van der Waals surface area (Å²) in [6.45, 7) is 3.89. The maximum absolute atomic E-state index is 12.6. The summed E-state index contributed by atoms with van der Waals surface area (Å²) in [6.07, 6.45) is 6.57. The van der Waals surface area contributed by atoms with Crippen LogP contribution in [0.3, 0.4) is 0 Å². The van der Waals surface area contributed by atoms with E-state index in [1.54, 1.807) is 6.33 Å². The first kappa shape index (κ1) is 20.1. The van der Waals surface area contributed by atoms with Gasteiger partial charge in [0.1, 0.15) is 17.8 Å². The van der Waals surface area contributed by atoms with Crippen molar-refractivity contribution in [3.8, 4) is 0 Å². The molecule has 30 heavy (non-hydrogen) atoms. The Morgan fingerprint density at radius 2 is 2.17 bits per heavy atom. The number of Topliss-reactive ketones (excluding diaryl/α,β-unsaturated/α-hetero) is 2. The normalized spacial score (nSPS) is 16.6. The summed E-state index contributed by atoms with van der Waals surface area (Å²) in [5, 5.41) is 4.20. The van der Waals surface area contributed by atoms with Gasteiger partial charge in [-0.1, -0.05) is 19.1 Å². The molecule has 0 spiro atoms. The van der Waals surface area contributed by atoms with Gasteiger partial charge in [-0.25, -0.2) is 9.97 Å². The molecule has 1 aromatic carbocycles. The van der Waals surface area contributed by atoms with Crippen molar-refractivity contribution in [3.63, 3.8) is 0 Å². The van der Waals surface area contributed by atoms with Gasteiger partial charge in [-0.15, -0.1) is 0 Å². The van der Waals surface area contributed by atoms with Crippen LogP contribution in [0, 0.1) is 5.92 Å². The molecule has 3 heterocycles. The van der Waals surface area contributed by atoms with Crippen LogP contribution >= 0.6 is 0 Å².